The summed E-state index contributed by atoms with van der Waals surface area (Å²) in [6, 6.07) is 2.84. The van der Waals surface area contributed by atoms with Crippen molar-refractivity contribution in [2.24, 2.45) is 0 Å². The smallest absolute Gasteiger partial charge is 0.295 e. The quantitative estimate of drug-likeness (QED) is 0.778. The molecule has 0 spiro atoms. The van der Waals surface area contributed by atoms with Crippen LogP contribution in [0, 0.1) is 6.92 Å². The summed E-state index contributed by atoms with van der Waals surface area (Å²) in [4.78, 5) is -0.232. The number of aromatic hydroxyl groups is 1. The molecule has 1 aromatic carbocycles. The first-order valence-corrected chi connectivity index (χ1v) is 6.09. The van der Waals surface area contributed by atoms with E-state index in [1.54, 1.807) is 6.92 Å². The Hall–Kier alpha value is -1.11. The Morgan fingerprint density at radius 2 is 2.00 bits per heavy atom. The van der Waals surface area contributed by atoms with E-state index in [4.69, 9.17) is 9.29 Å². The third-order valence-corrected chi connectivity index (χ3v) is 3.33. The zero-order valence-electron chi connectivity index (χ0n) is 9.10. The summed E-state index contributed by atoms with van der Waals surface area (Å²) in [5, 5.41) is 9.57. The van der Waals surface area contributed by atoms with Gasteiger partial charge in [0, 0.05) is 19.1 Å². The summed E-state index contributed by atoms with van der Waals surface area (Å²) in [5.41, 5.74) is 0.579. The summed E-state index contributed by atoms with van der Waals surface area (Å²) in [6.45, 7) is 1.82. The molecule has 0 radical (unpaired) electrons. The number of rotatable bonds is 4. The topological polar surface area (TPSA) is 83.8 Å². The lowest BCUT2D eigenvalue weighted by Gasteiger charge is -2.11. The van der Waals surface area contributed by atoms with Crippen LogP contribution in [0.3, 0.4) is 0 Å². The van der Waals surface area contributed by atoms with Gasteiger partial charge in [0.05, 0.1) is 6.61 Å². The molecule has 0 aliphatic heterocycles. The second-order valence-electron chi connectivity index (χ2n) is 3.43. The molecule has 0 heterocycles. The van der Waals surface area contributed by atoms with Crippen LogP contribution < -0.4 is 0 Å². The van der Waals surface area contributed by atoms with Gasteiger partial charge in [-0.15, -0.1) is 0 Å². The highest BCUT2D eigenvalue weighted by Gasteiger charge is 2.20. The Bertz CT molecular complexity index is 478. The molecule has 0 saturated carbocycles. The molecular weight excluding hydrogens is 232 g/mol. The highest BCUT2D eigenvalue weighted by Crippen LogP contribution is 2.28. The summed E-state index contributed by atoms with van der Waals surface area (Å²) < 4.78 is 36.3. The lowest BCUT2D eigenvalue weighted by molar-refractivity contribution is 0.201. The van der Waals surface area contributed by atoms with Gasteiger partial charge in [0.1, 0.15) is 10.6 Å². The van der Waals surface area contributed by atoms with Crippen molar-refractivity contribution in [3.8, 4) is 5.75 Å². The van der Waals surface area contributed by atoms with E-state index in [0.717, 1.165) is 0 Å². The van der Waals surface area contributed by atoms with Crippen LogP contribution in [0.25, 0.3) is 0 Å². The van der Waals surface area contributed by atoms with Crippen LogP contribution in [-0.4, -0.2) is 31.8 Å². The standard InChI is InChI=1S/C10H14O5S/c1-7-3-4-9(11)8(5-6-15-2)10(7)16(12,13)14/h3-4,11H,5-6H2,1-2H3,(H,12,13,14). The minimum atomic E-state index is -4.33. The van der Waals surface area contributed by atoms with Crippen molar-refractivity contribution in [3.63, 3.8) is 0 Å². The van der Waals surface area contributed by atoms with Crippen LogP contribution in [0.1, 0.15) is 11.1 Å². The molecule has 0 aromatic heterocycles. The van der Waals surface area contributed by atoms with Gasteiger partial charge in [0.15, 0.2) is 0 Å². The molecule has 0 atom stereocenters. The van der Waals surface area contributed by atoms with E-state index in [9.17, 15) is 13.5 Å². The molecule has 1 rings (SSSR count). The minimum absolute atomic E-state index is 0.157. The number of aryl methyl sites for hydroxylation is 1. The van der Waals surface area contributed by atoms with Gasteiger partial charge in [0.25, 0.3) is 10.1 Å². The summed E-state index contributed by atoms with van der Waals surface area (Å²) in [7, 11) is -2.86. The van der Waals surface area contributed by atoms with E-state index < -0.39 is 10.1 Å². The van der Waals surface area contributed by atoms with Crippen molar-refractivity contribution in [3.05, 3.63) is 23.3 Å². The highest BCUT2D eigenvalue weighted by atomic mass is 32.2. The molecule has 0 saturated heterocycles. The second kappa shape index (κ2) is 4.82. The van der Waals surface area contributed by atoms with E-state index in [-0.39, 0.29) is 29.2 Å². The zero-order chi connectivity index (χ0) is 12.3. The Morgan fingerprint density at radius 1 is 1.38 bits per heavy atom. The molecule has 0 aliphatic carbocycles. The van der Waals surface area contributed by atoms with Crippen LogP contribution in [0.2, 0.25) is 0 Å². The van der Waals surface area contributed by atoms with Crippen LogP contribution >= 0.6 is 0 Å². The van der Waals surface area contributed by atoms with Crippen LogP contribution in [0.5, 0.6) is 5.75 Å². The van der Waals surface area contributed by atoms with E-state index in [1.807, 2.05) is 0 Å². The third kappa shape index (κ3) is 2.72. The van der Waals surface area contributed by atoms with E-state index in [1.165, 1.54) is 19.2 Å². The molecule has 0 fully saturated rings. The third-order valence-electron chi connectivity index (χ3n) is 2.25. The zero-order valence-corrected chi connectivity index (χ0v) is 9.91. The maximum atomic E-state index is 11.2. The fourth-order valence-corrected chi connectivity index (χ4v) is 2.53. The number of benzene rings is 1. The van der Waals surface area contributed by atoms with Gasteiger partial charge in [-0.2, -0.15) is 8.42 Å². The van der Waals surface area contributed by atoms with Crippen LogP contribution in [0.4, 0.5) is 0 Å². The van der Waals surface area contributed by atoms with Crippen molar-refractivity contribution in [1.29, 1.82) is 0 Å². The monoisotopic (exact) mass is 246 g/mol. The number of ether oxygens (including phenoxy) is 1. The lowest BCUT2D eigenvalue weighted by atomic mass is 10.1. The van der Waals surface area contributed by atoms with Crippen molar-refractivity contribution >= 4 is 10.1 Å². The Morgan fingerprint density at radius 3 is 2.50 bits per heavy atom. The number of hydrogen-bond acceptors (Lipinski definition) is 4. The molecule has 16 heavy (non-hydrogen) atoms. The van der Waals surface area contributed by atoms with Gasteiger partial charge in [-0.1, -0.05) is 6.07 Å². The van der Waals surface area contributed by atoms with Gasteiger partial charge in [-0.05, 0) is 18.6 Å². The number of phenols is 1. The molecule has 5 nitrogen and oxygen atoms in total. The molecule has 0 amide bonds. The molecule has 6 heteroatoms. The number of hydrogen-bond donors (Lipinski definition) is 2. The van der Waals surface area contributed by atoms with Gasteiger partial charge in [-0.3, -0.25) is 4.55 Å². The fraction of sp³-hybridized carbons (Fsp3) is 0.400. The van der Waals surface area contributed by atoms with E-state index >= 15 is 0 Å². The molecule has 90 valence electrons. The average molecular weight is 246 g/mol. The summed E-state index contributed by atoms with van der Waals surface area (Å²) >= 11 is 0. The second-order valence-corrected chi connectivity index (χ2v) is 4.79. The summed E-state index contributed by atoms with van der Waals surface area (Å²) in [6.07, 6.45) is 0.221. The fourth-order valence-electron chi connectivity index (χ4n) is 1.54. The number of methoxy groups -OCH3 is 1. The van der Waals surface area contributed by atoms with Crippen molar-refractivity contribution in [1.82, 2.24) is 0 Å². The maximum Gasteiger partial charge on any atom is 0.295 e. The Balaban J connectivity index is 3.38. The lowest BCUT2D eigenvalue weighted by Crippen LogP contribution is -2.08. The predicted molar refractivity (Wildman–Crippen MR) is 58.2 cm³/mol. The Labute approximate surface area is 94.4 Å². The first-order chi connectivity index (χ1) is 7.38. The molecule has 2 N–H and O–H groups in total. The van der Waals surface area contributed by atoms with Crippen molar-refractivity contribution in [2.75, 3.05) is 13.7 Å². The maximum absolute atomic E-state index is 11.2. The normalized spacial score (nSPS) is 11.7. The van der Waals surface area contributed by atoms with Gasteiger partial charge < -0.3 is 9.84 Å². The molecule has 0 aliphatic rings. The summed E-state index contributed by atoms with van der Waals surface area (Å²) in [5.74, 6) is -0.157. The van der Waals surface area contributed by atoms with Crippen molar-refractivity contribution < 1.29 is 22.8 Å². The van der Waals surface area contributed by atoms with Crippen LogP contribution in [-0.2, 0) is 21.3 Å². The van der Waals surface area contributed by atoms with Crippen LogP contribution in [0.15, 0.2) is 17.0 Å². The first-order valence-electron chi connectivity index (χ1n) is 4.65. The number of phenolic OH excluding ortho intramolecular Hbond substituents is 1. The van der Waals surface area contributed by atoms with Gasteiger partial charge in [-0.25, -0.2) is 0 Å². The Kier molecular flexibility index (Phi) is 3.90. The first kappa shape index (κ1) is 13.0. The SMILES string of the molecule is COCCc1c(O)ccc(C)c1S(=O)(=O)O. The predicted octanol–water partition coefficient (Wildman–Crippen LogP) is 1.14. The molecule has 0 unspecified atom stereocenters. The van der Waals surface area contributed by atoms with E-state index in [0.29, 0.717) is 5.56 Å². The molecule has 0 bridgehead atoms. The van der Waals surface area contributed by atoms with Gasteiger partial charge >= 0.3 is 0 Å². The molecular formula is C10H14O5S. The molecule has 1 aromatic rings. The largest absolute Gasteiger partial charge is 0.508 e. The average Bonchev–Trinajstić information content (AvgIpc) is 2.17. The van der Waals surface area contributed by atoms with E-state index in [2.05, 4.69) is 0 Å². The van der Waals surface area contributed by atoms with Gasteiger partial charge in [0.2, 0.25) is 0 Å². The minimum Gasteiger partial charge on any atom is -0.508 e. The highest BCUT2D eigenvalue weighted by molar-refractivity contribution is 7.86. The van der Waals surface area contributed by atoms with Crippen molar-refractivity contribution in [2.45, 2.75) is 18.2 Å².